The first-order chi connectivity index (χ1) is 7.29. The van der Waals surface area contributed by atoms with Gasteiger partial charge in [-0.3, -0.25) is 9.59 Å². The summed E-state index contributed by atoms with van der Waals surface area (Å²) in [6.07, 6.45) is 2.71. The maximum atomic E-state index is 11.3. The number of rotatable bonds is 5. The lowest BCUT2D eigenvalue weighted by molar-refractivity contribution is -0.129. The van der Waals surface area contributed by atoms with E-state index < -0.39 is 5.91 Å². The lowest BCUT2D eigenvalue weighted by atomic mass is 10.2. The summed E-state index contributed by atoms with van der Waals surface area (Å²) in [6, 6.07) is 9.11. The molecular weight excluding hydrogens is 190 g/mol. The minimum atomic E-state index is -0.525. The highest BCUT2D eigenvalue weighted by molar-refractivity contribution is 6.30. The molecule has 0 spiro atoms. The van der Waals surface area contributed by atoms with Gasteiger partial charge in [-0.2, -0.15) is 0 Å². The third-order valence-corrected chi connectivity index (χ3v) is 1.99. The van der Waals surface area contributed by atoms with Crippen LogP contribution in [0.15, 0.2) is 43.0 Å². The summed E-state index contributed by atoms with van der Waals surface area (Å²) < 4.78 is 0. The monoisotopic (exact) mass is 203 g/mol. The van der Waals surface area contributed by atoms with Gasteiger partial charge in [-0.15, -0.1) is 6.58 Å². The van der Waals surface area contributed by atoms with Gasteiger partial charge in [0.2, 0.25) is 6.29 Å². The van der Waals surface area contributed by atoms with Gasteiger partial charge in [0.05, 0.1) is 0 Å². The lowest BCUT2D eigenvalue weighted by Gasteiger charge is -2.19. The minimum Gasteiger partial charge on any atom is -0.306 e. The SMILES string of the molecule is C=CCCN(C(=O)C=O)c1ccccc1. The first-order valence-electron chi connectivity index (χ1n) is 4.72. The Bertz CT molecular complexity index is 346. The molecule has 0 aliphatic rings. The first-order valence-corrected chi connectivity index (χ1v) is 4.72. The number of hydrogen-bond donors (Lipinski definition) is 0. The molecule has 0 bridgehead atoms. The summed E-state index contributed by atoms with van der Waals surface area (Å²) in [4.78, 5) is 23.2. The van der Waals surface area contributed by atoms with E-state index in [4.69, 9.17) is 0 Å². The van der Waals surface area contributed by atoms with Crippen molar-refractivity contribution in [2.75, 3.05) is 11.4 Å². The molecule has 0 saturated carbocycles. The Morgan fingerprint density at radius 3 is 2.53 bits per heavy atom. The van der Waals surface area contributed by atoms with E-state index in [0.29, 0.717) is 19.3 Å². The topological polar surface area (TPSA) is 37.4 Å². The van der Waals surface area contributed by atoms with Crippen LogP contribution < -0.4 is 4.90 Å². The summed E-state index contributed by atoms with van der Waals surface area (Å²) in [5, 5.41) is 0. The van der Waals surface area contributed by atoms with Crippen molar-refractivity contribution in [3.63, 3.8) is 0 Å². The van der Waals surface area contributed by atoms with Gasteiger partial charge in [0, 0.05) is 12.2 Å². The standard InChI is InChI=1S/C12H13NO2/c1-2-3-9-13(12(15)10-14)11-7-5-4-6-8-11/h2,4-8,10H,1,3,9H2. The largest absolute Gasteiger partial charge is 0.306 e. The highest BCUT2D eigenvalue weighted by atomic mass is 16.2. The van der Waals surface area contributed by atoms with Crippen molar-refractivity contribution < 1.29 is 9.59 Å². The second-order valence-electron chi connectivity index (χ2n) is 3.02. The maximum Gasteiger partial charge on any atom is 0.291 e. The quantitative estimate of drug-likeness (QED) is 0.415. The molecule has 0 unspecified atom stereocenters. The van der Waals surface area contributed by atoms with Crippen LogP contribution in [0.3, 0.4) is 0 Å². The van der Waals surface area contributed by atoms with E-state index in [2.05, 4.69) is 6.58 Å². The van der Waals surface area contributed by atoms with E-state index >= 15 is 0 Å². The van der Waals surface area contributed by atoms with Gasteiger partial charge in [0.25, 0.3) is 5.91 Å². The molecular formula is C12H13NO2. The number of amides is 1. The highest BCUT2D eigenvalue weighted by Gasteiger charge is 2.12. The van der Waals surface area contributed by atoms with Crippen LogP contribution in [-0.4, -0.2) is 18.7 Å². The van der Waals surface area contributed by atoms with Crippen molar-refractivity contribution in [1.29, 1.82) is 0 Å². The fourth-order valence-electron chi connectivity index (χ4n) is 1.26. The third kappa shape index (κ3) is 3.06. The molecule has 0 atom stereocenters. The number of hydrogen-bond acceptors (Lipinski definition) is 2. The maximum absolute atomic E-state index is 11.3. The van der Waals surface area contributed by atoms with Gasteiger partial charge >= 0.3 is 0 Å². The van der Waals surface area contributed by atoms with Gasteiger partial charge in [-0.25, -0.2) is 0 Å². The molecule has 3 nitrogen and oxygen atoms in total. The number of nitrogens with zero attached hydrogens (tertiary/aromatic N) is 1. The summed E-state index contributed by atoms with van der Waals surface area (Å²) in [5.74, 6) is -0.525. The molecule has 0 radical (unpaired) electrons. The fraction of sp³-hybridized carbons (Fsp3) is 0.167. The number of carbonyl (C=O) groups is 2. The molecule has 0 aromatic heterocycles. The molecule has 1 aromatic rings. The summed E-state index contributed by atoms with van der Waals surface area (Å²) in [5.41, 5.74) is 0.733. The average Bonchev–Trinajstić information content (AvgIpc) is 2.30. The molecule has 3 heteroatoms. The fourth-order valence-corrected chi connectivity index (χ4v) is 1.26. The molecule has 0 N–H and O–H groups in total. The smallest absolute Gasteiger partial charge is 0.291 e. The van der Waals surface area contributed by atoms with Crippen molar-refractivity contribution in [1.82, 2.24) is 0 Å². The van der Waals surface area contributed by atoms with Crippen molar-refractivity contribution in [2.24, 2.45) is 0 Å². The zero-order chi connectivity index (χ0) is 11.1. The Morgan fingerprint density at radius 1 is 1.33 bits per heavy atom. The molecule has 1 amide bonds. The van der Waals surface area contributed by atoms with E-state index in [0.717, 1.165) is 5.69 Å². The summed E-state index contributed by atoms with van der Waals surface area (Å²) in [7, 11) is 0. The summed E-state index contributed by atoms with van der Waals surface area (Å²) >= 11 is 0. The van der Waals surface area contributed by atoms with E-state index in [9.17, 15) is 9.59 Å². The molecule has 0 aliphatic carbocycles. The molecule has 78 valence electrons. The van der Waals surface area contributed by atoms with Crippen molar-refractivity contribution in [3.05, 3.63) is 43.0 Å². The Balaban J connectivity index is 2.85. The predicted octanol–water partition coefficient (Wildman–Crippen LogP) is 1.79. The van der Waals surface area contributed by atoms with Crippen LogP contribution in [0.2, 0.25) is 0 Å². The van der Waals surface area contributed by atoms with Crippen LogP contribution in [0.4, 0.5) is 5.69 Å². The van der Waals surface area contributed by atoms with E-state index in [1.54, 1.807) is 18.2 Å². The number of aldehydes is 1. The zero-order valence-corrected chi connectivity index (χ0v) is 8.43. The van der Waals surface area contributed by atoms with E-state index in [1.807, 2.05) is 18.2 Å². The van der Waals surface area contributed by atoms with Crippen molar-refractivity contribution >= 4 is 17.9 Å². The van der Waals surface area contributed by atoms with Crippen molar-refractivity contribution in [3.8, 4) is 0 Å². The van der Waals surface area contributed by atoms with Gasteiger partial charge in [0.15, 0.2) is 0 Å². The zero-order valence-electron chi connectivity index (χ0n) is 8.43. The normalized spacial score (nSPS) is 9.33. The second kappa shape index (κ2) is 5.75. The van der Waals surface area contributed by atoms with Gasteiger partial charge < -0.3 is 4.90 Å². The van der Waals surface area contributed by atoms with Crippen LogP contribution in [-0.2, 0) is 9.59 Å². The van der Waals surface area contributed by atoms with Crippen molar-refractivity contribution in [2.45, 2.75) is 6.42 Å². The van der Waals surface area contributed by atoms with Crippen LogP contribution >= 0.6 is 0 Å². The molecule has 0 heterocycles. The molecule has 1 aromatic carbocycles. The highest BCUT2D eigenvalue weighted by Crippen LogP contribution is 2.13. The summed E-state index contributed by atoms with van der Waals surface area (Å²) in [6.45, 7) is 4.06. The van der Waals surface area contributed by atoms with Crippen LogP contribution in [0, 0.1) is 0 Å². The first kappa shape index (κ1) is 11.2. The number of carbonyl (C=O) groups excluding carboxylic acids is 2. The second-order valence-corrected chi connectivity index (χ2v) is 3.02. The predicted molar refractivity (Wildman–Crippen MR) is 59.7 cm³/mol. The number of anilines is 1. The van der Waals surface area contributed by atoms with E-state index in [-0.39, 0.29) is 0 Å². The molecule has 15 heavy (non-hydrogen) atoms. The number of benzene rings is 1. The Kier molecular flexibility index (Phi) is 4.29. The third-order valence-electron chi connectivity index (χ3n) is 1.99. The average molecular weight is 203 g/mol. The van der Waals surface area contributed by atoms with Gasteiger partial charge in [-0.1, -0.05) is 24.3 Å². The molecule has 0 saturated heterocycles. The van der Waals surface area contributed by atoms with Gasteiger partial charge in [0.1, 0.15) is 0 Å². The molecule has 0 fully saturated rings. The van der Waals surface area contributed by atoms with E-state index in [1.165, 1.54) is 4.90 Å². The van der Waals surface area contributed by atoms with Crippen LogP contribution in [0.25, 0.3) is 0 Å². The molecule has 0 aliphatic heterocycles. The Hall–Kier alpha value is -1.90. The molecule has 1 rings (SSSR count). The Labute approximate surface area is 89.0 Å². The van der Waals surface area contributed by atoms with Crippen LogP contribution in [0.1, 0.15) is 6.42 Å². The Morgan fingerprint density at radius 2 is 2.00 bits per heavy atom. The van der Waals surface area contributed by atoms with Gasteiger partial charge in [-0.05, 0) is 18.6 Å². The lowest BCUT2D eigenvalue weighted by Crippen LogP contribution is -2.32. The minimum absolute atomic E-state index is 0.329. The van der Waals surface area contributed by atoms with Crippen LogP contribution in [0.5, 0.6) is 0 Å². The number of para-hydroxylation sites is 1.